The maximum Gasteiger partial charge on any atom is 0.273 e. The molecule has 148 valence electrons. The zero-order chi connectivity index (χ0) is 20.7. The van der Waals surface area contributed by atoms with Gasteiger partial charge in [0.1, 0.15) is 16.9 Å². The van der Waals surface area contributed by atoms with E-state index in [1.807, 2.05) is 18.2 Å². The first-order valence-corrected chi connectivity index (χ1v) is 9.32. The summed E-state index contributed by atoms with van der Waals surface area (Å²) in [6.45, 7) is 1.75. The number of aromatic nitrogens is 7. The van der Waals surface area contributed by atoms with Crippen LogP contribution in [0.1, 0.15) is 13.3 Å². The van der Waals surface area contributed by atoms with Gasteiger partial charge in [0.25, 0.3) is 5.56 Å². The van der Waals surface area contributed by atoms with Crippen LogP contribution >= 0.6 is 0 Å². The molecule has 0 bridgehead atoms. The highest BCUT2D eigenvalue weighted by atomic mass is 16.2. The molecule has 5 aromatic rings. The number of hydrogen-bond donors (Lipinski definition) is 3. The zero-order valence-electron chi connectivity index (χ0n) is 15.9. The molecule has 30 heavy (non-hydrogen) atoms. The maximum absolute atomic E-state index is 12.9. The molecule has 3 N–H and O–H groups in total. The number of H-pyrrole nitrogens is 2. The number of carbonyl (C=O) groups is 1. The number of nitrogens with zero attached hydrogens (tertiary/aromatic N) is 5. The van der Waals surface area contributed by atoms with Crippen molar-refractivity contribution in [1.82, 2.24) is 35.0 Å². The largest absolute Gasteiger partial charge is 0.310 e. The van der Waals surface area contributed by atoms with Crippen molar-refractivity contribution >= 4 is 28.4 Å². The van der Waals surface area contributed by atoms with Crippen molar-refractivity contribution in [2.75, 3.05) is 5.32 Å². The summed E-state index contributed by atoms with van der Waals surface area (Å²) in [7, 11) is 0. The second-order valence-corrected chi connectivity index (χ2v) is 6.64. The Hall–Kier alpha value is -4.34. The molecule has 0 aliphatic rings. The summed E-state index contributed by atoms with van der Waals surface area (Å²) in [5.74, 6) is 0.178. The van der Waals surface area contributed by atoms with E-state index in [1.165, 1.54) is 10.6 Å². The Balaban J connectivity index is 1.76. The van der Waals surface area contributed by atoms with Gasteiger partial charge in [-0.3, -0.25) is 19.7 Å². The fraction of sp³-hybridized carbons (Fsp3) is 0.100. The topological polar surface area (TPSA) is 134 Å². The summed E-state index contributed by atoms with van der Waals surface area (Å²) >= 11 is 0. The number of nitrogens with one attached hydrogen (secondary N) is 3. The van der Waals surface area contributed by atoms with E-state index in [-0.39, 0.29) is 11.5 Å². The van der Waals surface area contributed by atoms with Gasteiger partial charge in [-0.1, -0.05) is 19.1 Å². The van der Waals surface area contributed by atoms with Crippen LogP contribution < -0.4 is 10.9 Å². The summed E-state index contributed by atoms with van der Waals surface area (Å²) in [5.41, 5.74) is 3.77. The lowest BCUT2D eigenvalue weighted by molar-refractivity contribution is -0.115. The second kappa shape index (κ2) is 6.92. The second-order valence-electron chi connectivity index (χ2n) is 6.64. The quantitative estimate of drug-likeness (QED) is 0.424. The fourth-order valence-corrected chi connectivity index (χ4v) is 3.26. The van der Waals surface area contributed by atoms with Crippen LogP contribution in [0.25, 0.3) is 39.2 Å². The van der Waals surface area contributed by atoms with Crippen LogP contribution in [0.15, 0.2) is 53.5 Å². The van der Waals surface area contributed by atoms with Gasteiger partial charge in [-0.25, -0.2) is 4.98 Å². The molecule has 0 fully saturated rings. The Morgan fingerprint density at radius 3 is 2.77 bits per heavy atom. The first-order valence-electron chi connectivity index (χ1n) is 9.32. The van der Waals surface area contributed by atoms with Crippen LogP contribution in [0.4, 0.5) is 5.82 Å². The van der Waals surface area contributed by atoms with Gasteiger partial charge < -0.3 is 5.32 Å². The maximum atomic E-state index is 12.9. The molecule has 0 radical (unpaired) electrons. The molecule has 1 aromatic carbocycles. The number of rotatable bonds is 4. The molecule has 4 heterocycles. The Morgan fingerprint density at radius 2 is 1.97 bits per heavy atom. The number of carbonyl (C=O) groups excluding carboxylic acids is 1. The van der Waals surface area contributed by atoms with Gasteiger partial charge in [0, 0.05) is 24.2 Å². The minimum Gasteiger partial charge on any atom is -0.310 e. The number of amides is 1. The SMILES string of the molecule is CCC(=O)Nc1[nH]n2c(=O)cc(-c3ccc4n[nH]nc4c3)nc2c1-c1ccccn1. The van der Waals surface area contributed by atoms with Crippen molar-refractivity contribution in [2.45, 2.75) is 13.3 Å². The number of fused-ring (bicyclic) bond motifs is 2. The predicted molar refractivity (Wildman–Crippen MR) is 111 cm³/mol. The predicted octanol–water partition coefficient (Wildman–Crippen LogP) is 2.37. The Morgan fingerprint density at radius 1 is 1.10 bits per heavy atom. The normalized spacial score (nSPS) is 11.2. The summed E-state index contributed by atoms with van der Waals surface area (Å²) in [5, 5.41) is 16.4. The third kappa shape index (κ3) is 2.91. The van der Waals surface area contributed by atoms with Crippen molar-refractivity contribution in [1.29, 1.82) is 0 Å². The Kier molecular flexibility index (Phi) is 4.09. The van der Waals surface area contributed by atoms with Gasteiger partial charge in [0.05, 0.1) is 17.0 Å². The number of aromatic amines is 2. The third-order valence-corrected chi connectivity index (χ3v) is 4.73. The Labute approximate surface area is 169 Å². The molecule has 0 saturated heterocycles. The lowest BCUT2D eigenvalue weighted by Crippen LogP contribution is -2.15. The highest BCUT2D eigenvalue weighted by molar-refractivity contribution is 5.97. The van der Waals surface area contributed by atoms with Gasteiger partial charge in [-0.2, -0.15) is 19.9 Å². The lowest BCUT2D eigenvalue weighted by Gasteiger charge is -2.05. The number of hydrogen-bond acceptors (Lipinski definition) is 6. The van der Waals surface area contributed by atoms with Gasteiger partial charge in [0.2, 0.25) is 5.91 Å². The van der Waals surface area contributed by atoms with E-state index in [2.05, 4.69) is 30.8 Å². The van der Waals surface area contributed by atoms with Crippen LogP contribution in [0.2, 0.25) is 0 Å². The molecule has 0 atom stereocenters. The van der Waals surface area contributed by atoms with E-state index in [9.17, 15) is 9.59 Å². The van der Waals surface area contributed by atoms with Gasteiger partial charge in [-0.15, -0.1) is 0 Å². The summed E-state index contributed by atoms with van der Waals surface area (Å²) in [6, 6.07) is 12.3. The molecule has 0 spiro atoms. The molecule has 5 rings (SSSR count). The van der Waals surface area contributed by atoms with Crippen molar-refractivity contribution in [3.05, 3.63) is 59.0 Å². The lowest BCUT2D eigenvalue weighted by atomic mass is 10.1. The third-order valence-electron chi connectivity index (χ3n) is 4.73. The summed E-state index contributed by atoms with van der Waals surface area (Å²) in [6.07, 6.45) is 1.94. The fourth-order valence-electron chi connectivity index (χ4n) is 3.26. The van der Waals surface area contributed by atoms with E-state index < -0.39 is 0 Å². The first-order chi connectivity index (χ1) is 14.6. The van der Waals surface area contributed by atoms with Crippen molar-refractivity contribution in [3.8, 4) is 22.5 Å². The van der Waals surface area contributed by atoms with Crippen LogP contribution in [0, 0.1) is 0 Å². The van der Waals surface area contributed by atoms with Crippen LogP contribution in [-0.4, -0.2) is 40.9 Å². The highest BCUT2D eigenvalue weighted by Crippen LogP contribution is 2.30. The molecule has 10 heteroatoms. The zero-order valence-corrected chi connectivity index (χ0v) is 15.9. The number of pyridine rings is 1. The smallest absolute Gasteiger partial charge is 0.273 e. The molecule has 1 amide bonds. The number of anilines is 1. The minimum atomic E-state index is -0.315. The molecule has 0 saturated carbocycles. The average Bonchev–Trinajstić information content (AvgIpc) is 3.38. The van der Waals surface area contributed by atoms with E-state index in [0.29, 0.717) is 40.4 Å². The molecule has 0 unspecified atom stereocenters. The molecule has 0 aliphatic carbocycles. The minimum absolute atomic E-state index is 0.191. The highest BCUT2D eigenvalue weighted by Gasteiger charge is 2.20. The molecular formula is C20H16N8O2. The van der Waals surface area contributed by atoms with E-state index in [4.69, 9.17) is 4.98 Å². The standard InChI is InChI=1S/C20H16N8O2/c1-2-16(29)23-19-18(13-5-3-4-8-21-13)20-22-14(10-17(30)28(20)26-19)11-6-7-12-15(9-11)25-27-24-12/h3-10,26H,2H2,1H3,(H,23,29)(H,24,25,27). The average molecular weight is 400 g/mol. The van der Waals surface area contributed by atoms with Crippen molar-refractivity contribution in [3.63, 3.8) is 0 Å². The van der Waals surface area contributed by atoms with E-state index in [1.54, 1.807) is 31.3 Å². The van der Waals surface area contributed by atoms with E-state index >= 15 is 0 Å². The van der Waals surface area contributed by atoms with Crippen LogP contribution in [0.5, 0.6) is 0 Å². The van der Waals surface area contributed by atoms with Gasteiger partial charge in [0.15, 0.2) is 5.65 Å². The van der Waals surface area contributed by atoms with Crippen molar-refractivity contribution < 1.29 is 4.79 Å². The first kappa shape index (κ1) is 17.7. The summed E-state index contributed by atoms with van der Waals surface area (Å²) < 4.78 is 1.30. The number of benzene rings is 1. The molecule has 10 nitrogen and oxygen atoms in total. The molecule has 4 aromatic heterocycles. The van der Waals surface area contributed by atoms with Gasteiger partial charge in [-0.05, 0) is 24.3 Å². The monoisotopic (exact) mass is 400 g/mol. The van der Waals surface area contributed by atoms with Crippen LogP contribution in [0.3, 0.4) is 0 Å². The van der Waals surface area contributed by atoms with E-state index in [0.717, 1.165) is 11.1 Å². The van der Waals surface area contributed by atoms with Gasteiger partial charge >= 0.3 is 0 Å². The Bertz CT molecular complexity index is 1450. The van der Waals surface area contributed by atoms with Crippen LogP contribution in [-0.2, 0) is 4.79 Å². The summed E-state index contributed by atoms with van der Waals surface area (Å²) in [4.78, 5) is 34.0. The molecule has 0 aliphatic heterocycles. The van der Waals surface area contributed by atoms with Crippen molar-refractivity contribution in [2.24, 2.45) is 0 Å². The molecular weight excluding hydrogens is 384 g/mol.